The molecule has 4 aromatic rings. The normalized spacial score (nSPS) is 16.8. The lowest BCUT2D eigenvalue weighted by Gasteiger charge is -2.24. The number of carbonyl (C=O) groups is 1. The van der Waals surface area contributed by atoms with Crippen LogP contribution >= 0.6 is 0 Å². The number of benzene rings is 4. The maximum Gasteiger partial charge on any atom is 0.243 e. The molecule has 1 aliphatic heterocycles. The van der Waals surface area contributed by atoms with E-state index in [9.17, 15) is 27.5 Å². The smallest absolute Gasteiger partial charge is 0.243 e. The van der Waals surface area contributed by atoms with E-state index in [1.807, 2.05) is 0 Å². The molecular formula is C32H27F3N4O3S. The standard InChI is InChI=1S/C32H27F3N4O3S/c33-24-10-4-8-22(17-24)31(23-9-5-11-25(34)18-23)32(37-38-36)30(40)19-21-7-6-14-29(35)28(21)16-15-26-20-39(26)43(41,42)27-12-2-1-3-13-27/h1-14,17-18,26,31-32H,15-16,19-20H2/t26-,32+,39?/m0/s1. The fourth-order valence-corrected chi connectivity index (χ4v) is 7.04. The van der Waals surface area contributed by atoms with Gasteiger partial charge in [0.2, 0.25) is 10.0 Å². The summed E-state index contributed by atoms with van der Waals surface area (Å²) in [5.41, 5.74) is 10.6. The molecule has 0 bridgehead atoms. The predicted molar refractivity (Wildman–Crippen MR) is 155 cm³/mol. The highest BCUT2D eigenvalue weighted by Crippen LogP contribution is 2.34. The topological polar surface area (TPSA) is 103 Å². The number of hydrogen-bond acceptors (Lipinski definition) is 4. The summed E-state index contributed by atoms with van der Waals surface area (Å²) in [5, 5.41) is 3.75. The fourth-order valence-electron chi connectivity index (χ4n) is 5.40. The van der Waals surface area contributed by atoms with Gasteiger partial charge in [-0.15, -0.1) is 0 Å². The Morgan fingerprint density at radius 2 is 1.53 bits per heavy atom. The number of hydrogen-bond donors (Lipinski definition) is 0. The van der Waals surface area contributed by atoms with Gasteiger partial charge in [-0.25, -0.2) is 21.6 Å². The summed E-state index contributed by atoms with van der Waals surface area (Å²) in [6.45, 7) is 0.307. The Balaban J connectivity index is 1.38. The zero-order valence-corrected chi connectivity index (χ0v) is 23.7. The van der Waals surface area contributed by atoms with Crippen LogP contribution in [0.5, 0.6) is 0 Å². The molecule has 0 radical (unpaired) electrons. The third-order valence-electron chi connectivity index (χ3n) is 7.56. The molecule has 0 aliphatic carbocycles. The number of halogens is 3. The first-order chi connectivity index (χ1) is 20.7. The van der Waals surface area contributed by atoms with Crippen LogP contribution in [0.4, 0.5) is 13.2 Å². The zero-order valence-electron chi connectivity index (χ0n) is 22.9. The van der Waals surface area contributed by atoms with E-state index < -0.39 is 45.2 Å². The van der Waals surface area contributed by atoms with E-state index in [4.69, 9.17) is 0 Å². The van der Waals surface area contributed by atoms with E-state index in [2.05, 4.69) is 10.0 Å². The fraction of sp³-hybridized carbons (Fsp3) is 0.219. The Labute approximate surface area is 247 Å². The van der Waals surface area contributed by atoms with Crippen LogP contribution in [0.15, 0.2) is 107 Å². The summed E-state index contributed by atoms with van der Waals surface area (Å²) in [5.74, 6) is -3.28. The van der Waals surface area contributed by atoms with Crippen LogP contribution < -0.4 is 0 Å². The lowest BCUT2D eigenvalue weighted by molar-refractivity contribution is -0.119. The molecule has 0 spiro atoms. The number of nitrogens with zero attached hydrogens (tertiary/aromatic N) is 4. The summed E-state index contributed by atoms with van der Waals surface area (Å²) in [4.78, 5) is 16.8. The number of carbonyl (C=O) groups excluding carboxylic acids is 1. The summed E-state index contributed by atoms with van der Waals surface area (Å²) in [6.07, 6.45) is 0.196. The molecule has 1 aliphatic rings. The van der Waals surface area contributed by atoms with Gasteiger partial charge >= 0.3 is 0 Å². The van der Waals surface area contributed by atoms with Crippen LogP contribution in [0, 0.1) is 17.5 Å². The monoisotopic (exact) mass is 604 g/mol. The van der Waals surface area contributed by atoms with Crippen LogP contribution in [-0.2, 0) is 27.7 Å². The maximum atomic E-state index is 15.1. The first kappa shape index (κ1) is 30.0. The highest BCUT2D eigenvalue weighted by atomic mass is 32.2. The van der Waals surface area contributed by atoms with Crippen LogP contribution in [0.25, 0.3) is 10.4 Å². The van der Waals surface area contributed by atoms with Gasteiger partial charge in [-0.3, -0.25) is 4.79 Å². The number of sulfonamides is 1. The average molecular weight is 605 g/mol. The van der Waals surface area contributed by atoms with Crippen LogP contribution in [0.2, 0.25) is 0 Å². The minimum Gasteiger partial charge on any atom is -0.299 e. The largest absolute Gasteiger partial charge is 0.299 e. The predicted octanol–water partition coefficient (Wildman–Crippen LogP) is 6.73. The molecule has 1 unspecified atom stereocenters. The van der Waals surface area contributed by atoms with E-state index in [0.29, 0.717) is 29.7 Å². The number of Topliss-reactive ketones (excluding diaryl/α,β-unsaturated/α-hetero) is 1. The van der Waals surface area contributed by atoms with Gasteiger partial charge in [0.1, 0.15) is 29.3 Å². The van der Waals surface area contributed by atoms with E-state index in [1.54, 1.807) is 36.4 Å². The molecule has 11 heteroatoms. The van der Waals surface area contributed by atoms with Crippen molar-refractivity contribution in [3.05, 3.63) is 147 Å². The highest BCUT2D eigenvalue weighted by molar-refractivity contribution is 7.89. The zero-order chi connectivity index (χ0) is 30.6. The lowest BCUT2D eigenvalue weighted by Crippen LogP contribution is -2.29. The first-order valence-corrected chi connectivity index (χ1v) is 15.0. The molecule has 7 nitrogen and oxygen atoms in total. The number of rotatable bonds is 12. The van der Waals surface area contributed by atoms with Crippen molar-refractivity contribution >= 4 is 15.8 Å². The average Bonchev–Trinajstić information content (AvgIpc) is 3.78. The van der Waals surface area contributed by atoms with Crippen LogP contribution in [0.3, 0.4) is 0 Å². The van der Waals surface area contributed by atoms with Crippen molar-refractivity contribution in [1.82, 2.24) is 4.31 Å². The van der Waals surface area contributed by atoms with Gasteiger partial charge in [-0.2, -0.15) is 4.31 Å². The molecule has 0 N–H and O–H groups in total. The van der Waals surface area contributed by atoms with Crippen LogP contribution in [-0.4, -0.2) is 37.1 Å². The molecule has 4 aromatic carbocycles. The Morgan fingerprint density at radius 1 is 0.907 bits per heavy atom. The Bertz CT molecular complexity index is 1750. The second kappa shape index (κ2) is 12.8. The minimum absolute atomic E-state index is 0.171. The van der Waals surface area contributed by atoms with Gasteiger partial charge in [0.25, 0.3) is 0 Å². The summed E-state index contributed by atoms with van der Waals surface area (Å²) < 4.78 is 70.7. The molecule has 0 amide bonds. The Kier molecular flexibility index (Phi) is 8.96. The van der Waals surface area contributed by atoms with Gasteiger partial charge < -0.3 is 0 Å². The first-order valence-electron chi connectivity index (χ1n) is 13.6. The lowest BCUT2D eigenvalue weighted by atomic mass is 9.81. The van der Waals surface area contributed by atoms with E-state index in [0.717, 1.165) is 0 Å². The third kappa shape index (κ3) is 6.80. The van der Waals surface area contributed by atoms with Crippen molar-refractivity contribution < 1.29 is 26.4 Å². The number of ketones is 1. The van der Waals surface area contributed by atoms with Crippen LogP contribution in [0.1, 0.15) is 34.6 Å². The summed E-state index contributed by atoms with van der Waals surface area (Å²) in [6, 6.07) is 21.5. The van der Waals surface area contributed by atoms with Gasteiger partial charge in [0.05, 0.1) is 4.90 Å². The van der Waals surface area contributed by atoms with Crippen molar-refractivity contribution in [1.29, 1.82) is 0 Å². The molecule has 1 fully saturated rings. The SMILES string of the molecule is [N-]=[N+]=N[C@H](C(=O)Cc1cccc(F)c1CC[C@H]1CN1S(=O)(=O)c1ccccc1)C(c1cccc(F)c1)c1cccc(F)c1. The quantitative estimate of drug-likeness (QED) is 0.0775. The number of azide groups is 1. The van der Waals surface area contributed by atoms with Crippen molar-refractivity contribution in [2.45, 2.75) is 42.2 Å². The second-order valence-electron chi connectivity index (χ2n) is 10.3. The van der Waals surface area contributed by atoms with E-state index in [1.165, 1.54) is 65.0 Å². The molecule has 43 heavy (non-hydrogen) atoms. The summed E-state index contributed by atoms with van der Waals surface area (Å²) >= 11 is 0. The molecule has 0 aromatic heterocycles. The maximum absolute atomic E-state index is 15.1. The van der Waals surface area contributed by atoms with Gasteiger partial charge in [0.15, 0.2) is 0 Å². The second-order valence-corrected chi connectivity index (χ2v) is 12.2. The van der Waals surface area contributed by atoms with Gasteiger partial charge in [-0.1, -0.05) is 59.7 Å². The van der Waals surface area contributed by atoms with Crippen molar-refractivity contribution in [3.63, 3.8) is 0 Å². The van der Waals surface area contributed by atoms with Gasteiger partial charge in [-0.05, 0) is 83.1 Å². The molecule has 5 rings (SSSR count). The third-order valence-corrected chi connectivity index (χ3v) is 9.49. The van der Waals surface area contributed by atoms with Crippen molar-refractivity contribution in [2.24, 2.45) is 5.11 Å². The molecule has 1 saturated heterocycles. The molecule has 3 atom stereocenters. The van der Waals surface area contributed by atoms with E-state index in [-0.39, 0.29) is 29.3 Å². The minimum atomic E-state index is -3.66. The molecule has 0 saturated carbocycles. The van der Waals surface area contributed by atoms with Crippen molar-refractivity contribution in [3.8, 4) is 0 Å². The van der Waals surface area contributed by atoms with E-state index >= 15 is 4.39 Å². The Morgan fingerprint density at radius 3 is 2.14 bits per heavy atom. The van der Waals surface area contributed by atoms with Gasteiger partial charge in [0, 0.05) is 29.8 Å². The van der Waals surface area contributed by atoms with Crippen molar-refractivity contribution in [2.75, 3.05) is 6.54 Å². The molecule has 220 valence electrons. The highest BCUT2D eigenvalue weighted by Gasteiger charge is 2.44. The molecular weight excluding hydrogens is 577 g/mol. The summed E-state index contributed by atoms with van der Waals surface area (Å²) in [7, 11) is -3.66. The molecule has 1 heterocycles. The Hall–Kier alpha value is -4.44.